The topological polar surface area (TPSA) is 157 Å². The Balaban J connectivity index is 0.000000191. The van der Waals surface area contributed by atoms with Crippen LogP contribution in [-0.4, -0.2) is 56.5 Å². The van der Waals surface area contributed by atoms with Crippen LogP contribution >= 0.6 is 0 Å². The van der Waals surface area contributed by atoms with Crippen LogP contribution in [0.15, 0.2) is 123 Å². The molecule has 8 aromatic heterocycles. The summed E-state index contributed by atoms with van der Waals surface area (Å²) in [4.78, 5) is 37.8. The number of aromatic amines is 1. The normalized spacial score (nSPS) is 11.0. The zero-order valence-corrected chi connectivity index (χ0v) is 34.1. The highest BCUT2D eigenvalue weighted by Crippen LogP contribution is 2.34. The molecule has 8 heterocycles. The van der Waals surface area contributed by atoms with Crippen molar-refractivity contribution >= 4 is 45.1 Å². The zero-order chi connectivity index (χ0) is 42.5. The van der Waals surface area contributed by atoms with Crippen molar-refractivity contribution in [2.24, 2.45) is 0 Å². The second kappa shape index (κ2) is 18.7. The lowest BCUT2D eigenvalue weighted by Gasteiger charge is -2.16. The molecule has 1 aromatic carbocycles. The minimum Gasteiger partial charge on any atom is -0.497 e. The Kier molecular flexibility index (Phi) is 12.8. The summed E-state index contributed by atoms with van der Waals surface area (Å²) in [5, 5.41) is 8.57. The smallest absolute Gasteiger partial charge is 0.151 e. The van der Waals surface area contributed by atoms with Gasteiger partial charge in [-0.15, -0.1) is 0 Å². The molecule has 0 aliphatic heterocycles. The Bertz CT molecular complexity index is 2950. The van der Waals surface area contributed by atoms with Gasteiger partial charge in [0.05, 0.1) is 29.3 Å². The van der Waals surface area contributed by atoms with E-state index in [0.717, 1.165) is 55.9 Å². The minimum absolute atomic E-state index is 0. The van der Waals surface area contributed by atoms with E-state index in [1.54, 1.807) is 56.4 Å². The van der Waals surface area contributed by atoms with Crippen LogP contribution in [0.4, 0.5) is 31.8 Å². The van der Waals surface area contributed by atoms with E-state index in [4.69, 9.17) is 4.74 Å². The standard InChI is InChI=1S/C27H25FN6O.C19H17FN6.CH4/c1-17(2)21-14-30-24(25-22(28)5-4-11-29-25)13-23(21)33-26-20-10-12-34(27(20)32-16-31-26)15-18-6-8-19(35-3)9-7-18;1-11(2)13-9-23-16(17-14(20)4-3-6-21-17)8-15(13)26-19-12-5-7-22-18(12)24-10-25-19;/h4-14,16-17H,15H2,1-3H3,(H,30,31,32,33);3-11H,1-2H3,(H2,22,23,24,25,26);1H4. The zero-order valence-electron chi connectivity index (χ0n) is 34.1. The van der Waals surface area contributed by atoms with Crippen molar-refractivity contribution in [1.29, 1.82) is 0 Å². The maximum atomic E-state index is 14.4. The third-order valence-electron chi connectivity index (χ3n) is 10.0. The molecule has 15 heteroatoms. The van der Waals surface area contributed by atoms with Gasteiger partial charge >= 0.3 is 0 Å². The Morgan fingerprint density at radius 3 is 1.77 bits per heavy atom. The number of hydrogen-bond acceptors (Lipinski definition) is 11. The SMILES string of the molecule is C.CC(C)c1cnc(-c2ncccc2F)cc1Nc1ncnc2[nH]ccc12.COc1ccc(Cn2ccc3c(Nc4cc(-c5ncccc5F)ncc4C(C)C)ncnc32)cc1. The van der Waals surface area contributed by atoms with Gasteiger partial charge in [-0.1, -0.05) is 47.3 Å². The van der Waals surface area contributed by atoms with Crippen molar-refractivity contribution in [3.05, 3.63) is 151 Å². The van der Waals surface area contributed by atoms with Crippen molar-refractivity contribution in [3.8, 4) is 28.5 Å². The molecule has 0 spiro atoms. The van der Waals surface area contributed by atoms with Gasteiger partial charge in [-0.25, -0.2) is 28.7 Å². The van der Waals surface area contributed by atoms with E-state index < -0.39 is 11.6 Å². The number of ether oxygens (including phenoxy) is 1. The molecule has 0 saturated carbocycles. The molecule has 0 fully saturated rings. The van der Waals surface area contributed by atoms with Gasteiger partial charge in [-0.05, 0) is 89.2 Å². The fourth-order valence-electron chi connectivity index (χ4n) is 6.86. The Hall–Kier alpha value is -7.68. The summed E-state index contributed by atoms with van der Waals surface area (Å²) < 4.78 is 35.8. The molecule has 9 rings (SSSR count). The molecule has 0 aliphatic rings. The molecule has 9 aromatic rings. The van der Waals surface area contributed by atoms with E-state index in [1.165, 1.54) is 18.5 Å². The van der Waals surface area contributed by atoms with E-state index in [-0.39, 0.29) is 30.7 Å². The van der Waals surface area contributed by atoms with Gasteiger partial charge < -0.3 is 24.9 Å². The van der Waals surface area contributed by atoms with Crippen LogP contribution in [0.25, 0.3) is 44.8 Å². The number of rotatable bonds is 11. The van der Waals surface area contributed by atoms with Gasteiger partial charge in [0.1, 0.15) is 52.7 Å². The van der Waals surface area contributed by atoms with E-state index in [0.29, 0.717) is 29.6 Å². The molecule has 0 bridgehead atoms. The largest absolute Gasteiger partial charge is 0.497 e. The molecule has 0 aliphatic carbocycles. The van der Waals surface area contributed by atoms with Crippen molar-refractivity contribution < 1.29 is 13.5 Å². The molecule has 0 saturated heterocycles. The number of H-pyrrole nitrogens is 1. The van der Waals surface area contributed by atoms with Gasteiger partial charge in [0.25, 0.3) is 0 Å². The van der Waals surface area contributed by atoms with Crippen LogP contribution < -0.4 is 15.4 Å². The van der Waals surface area contributed by atoms with Gasteiger partial charge in [0, 0.05) is 55.1 Å². The number of nitrogens with one attached hydrogen (secondary N) is 3. The molecule has 0 radical (unpaired) electrons. The van der Waals surface area contributed by atoms with Crippen molar-refractivity contribution in [2.45, 2.75) is 53.5 Å². The number of nitrogens with zero attached hydrogens (tertiary/aromatic N) is 9. The first-order chi connectivity index (χ1) is 29.7. The quantitative estimate of drug-likeness (QED) is 0.114. The van der Waals surface area contributed by atoms with Crippen molar-refractivity contribution in [3.63, 3.8) is 0 Å². The predicted molar refractivity (Wildman–Crippen MR) is 240 cm³/mol. The first-order valence-corrected chi connectivity index (χ1v) is 19.6. The first-order valence-electron chi connectivity index (χ1n) is 19.6. The predicted octanol–water partition coefficient (Wildman–Crippen LogP) is 11.0. The Morgan fingerprint density at radius 2 is 1.23 bits per heavy atom. The van der Waals surface area contributed by atoms with Gasteiger partial charge in [-0.3, -0.25) is 19.9 Å². The van der Waals surface area contributed by atoms with Crippen LogP contribution in [0.1, 0.15) is 63.6 Å². The number of hydrogen-bond donors (Lipinski definition) is 3. The third kappa shape index (κ3) is 9.06. The van der Waals surface area contributed by atoms with Crippen LogP contribution in [0.5, 0.6) is 5.75 Å². The molecule has 0 unspecified atom stereocenters. The second-order valence-corrected chi connectivity index (χ2v) is 14.8. The number of pyridine rings is 4. The van der Waals surface area contributed by atoms with E-state index in [1.807, 2.05) is 54.9 Å². The fraction of sp³-hybridized carbons (Fsp3) is 0.191. The third-order valence-corrected chi connectivity index (χ3v) is 10.0. The van der Waals surface area contributed by atoms with E-state index in [9.17, 15) is 8.78 Å². The summed E-state index contributed by atoms with van der Waals surface area (Å²) in [5.74, 6) is 1.78. The monoisotopic (exact) mass is 832 g/mol. The van der Waals surface area contributed by atoms with Crippen LogP contribution in [0, 0.1) is 11.6 Å². The summed E-state index contributed by atoms with van der Waals surface area (Å²) in [6.07, 6.45) is 13.5. The van der Waals surface area contributed by atoms with Crippen LogP contribution in [0.3, 0.4) is 0 Å². The van der Waals surface area contributed by atoms with Crippen LogP contribution in [-0.2, 0) is 6.54 Å². The molecule has 3 N–H and O–H groups in total. The molecule has 62 heavy (non-hydrogen) atoms. The number of halogens is 2. The van der Waals surface area contributed by atoms with Gasteiger partial charge in [0.2, 0.25) is 0 Å². The van der Waals surface area contributed by atoms with E-state index in [2.05, 4.69) is 87.8 Å². The van der Waals surface area contributed by atoms with Gasteiger partial charge in [0.15, 0.2) is 11.6 Å². The Labute approximate surface area is 357 Å². The maximum absolute atomic E-state index is 14.4. The lowest BCUT2D eigenvalue weighted by Crippen LogP contribution is -2.04. The lowest BCUT2D eigenvalue weighted by molar-refractivity contribution is 0.414. The molecule has 0 atom stereocenters. The average Bonchev–Trinajstić information content (AvgIpc) is 3.93. The summed E-state index contributed by atoms with van der Waals surface area (Å²) in [5.41, 5.74) is 7.68. The molecular formula is C47H46F2N12O. The molecule has 13 nitrogen and oxygen atoms in total. The number of fused-ring (bicyclic) bond motifs is 2. The number of aromatic nitrogens is 10. The molecular weight excluding hydrogens is 787 g/mol. The average molecular weight is 833 g/mol. The minimum atomic E-state index is -0.414. The number of benzene rings is 1. The highest BCUT2D eigenvalue weighted by atomic mass is 19.1. The lowest BCUT2D eigenvalue weighted by atomic mass is 10.0. The summed E-state index contributed by atoms with van der Waals surface area (Å²) in [7, 11) is 1.66. The first kappa shape index (κ1) is 42.4. The second-order valence-electron chi connectivity index (χ2n) is 14.8. The van der Waals surface area contributed by atoms with E-state index >= 15 is 0 Å². The molecule has 0 amide bonds. The van der Waals surface area contributed by atoms with Crippen molar-refractivity contribution in [1.82, 2.24) is 49.4 Å². The number of methoxy groups -OCH3 is 1. The fourth-order valence-corrected chi connectivity index (χ4v) is 6.86. The van der Waals surface area contributed by atoms with Crippen molar-refractivity contribution in [2.75, 3.05) is 17.7 Å². The molecule has 314 valence electrons. The summed E-state index contributed by atoms with van der Waals surface area (Å²) in [6.45, 7) is 9.00. The highest BCUT2D eigenvalue weighted by Gasteiger charge is 2.18. The summed E-state index contributed by atoms with van der Waals surface area (Å²) >= 11 is 0. The summed E-state index contributed by atoms with van der Waals surface area (Å²) in [6, 6.07) is 21.4. The maximum Gasteiger partial charge on any atom is 0.151 e. The highest BCUT2D eigenvalue weighted by molar-refractivity contribution is 5.90. The van der Waals surface area contributed by atoms with Gasteiger partial charge in [-0.2, -0.15) is 0 Å². The van der Waals surface area contributed by atoms with Crippen LogP contribution in [0.2, 0.25) is 0 Å². The number of anilines is 4. The Morgan fingerprint density at radius 1 is 0.661 bits per heavy atom.